The number of allylic oxidation sites excluding steroid dienone is 5. The molecule has 0 rings (SSSR count). The number of aliphatic hydroxyl groups excluding tert-OH is 2. The van der Waals surface area contributed by atoms with E-state index in [2.05, 4.69) is 43.5 Å². The number of esters is 1. The topological polar surface area (TPSA) is 95.9 Å². The molecule has 448 valence electrons. The molecule has 2 unspecified atom stereocenters. The molecular weight excluding hydrogens is 935 g/mol. The first-order valence-corrected chi connectivity index (χ1v) is 34.3. The van der Waals surface area contributed by atoms with Crippen LogP contribution in [0.4, 0.5) is 0 Å². The van der Waals surface area contributed by atoms with Crippen molar-refractivity contribution in [1.82, 2.24) is 5.32 Å². The van der Waals surface area contributed by atoms with Crippen LogP contribution in [0.15, 0.2) is 36.5 Å². The number of carbonyl (C=O) groups is 2. The molecule has 1 amide bonds. The smallest absolute Gasteiger partial charge is 0.305 e. The lowest BCUT2D eigenvalue weighted by Gasteiger charge is -2.20. The molecular formula is C70H133NO5. The van der Waals surface area contributed by atoms with E-state index in [0.29, 0.717) is 19.4 Å². The Morgan fingerprint density at radius 3 is 0.974 bits per heavy atom. The maximum Gasteiger partial charge on any atom is 0.305 e. The van der Waals surface area contributed by atoms with Crippen LogP contribution in [0.5, 0.6) is 0 Å². The van der Waals surface area contributed by atoms with Gasteiger partial charge in [-0.05, 0) is 77.0 Å². The van der Waals surface area contributed by atoms with Gasteiger partial charge in [0.15, 0.2) is 0 Å². The third-order valence-electron chi connectivity index (χ3n) is 15.9. The Labute approximate surface area is 474 Å². The average molecular weight is 1070 g/mol. The van der Waals surface area contributed by atoms with Gasteiger partial charge in [-0.25, -0.2) is 0 Å². The summed E-state index contributed by atoms with van der Waals surface area (Å²) in [6, 6.07) is -0.622. The predicted molar refractivity (Wildman–Crippen MR) is 333 cm³/mol. The molecule has 6 nitrogen and oxygen atoms in total. The molecule has 0 aromatic rings. The lowest BCUT2D eigenvalue weighted by Crippen LogP contribution is -2.45. The normalized spacial score (nSPS) is 12.7. The maximum absolute atomic E-state index is 12.4. The molecule has 0 aliphatic carbocycles. The van der Waals surface area contributed by atoms with Gasteiger partial charge in [0.05, 0.1) is 25.4 Å². The van der Waals surface area contributed by atoms with Gasteiger partial charge in [-0.2, -0.15) is 0 Å². The van der Waals surface area contributed by atoms with Gasteiger partial charge in [-0.1, -0.05) is 320 Å². The van der Waals surface area contributed by atoms with Crippen LogP contribution < -0.4 is 5.32 Å². The van der Waals surface area contributed by atoms with E-state index in [1.165, 1.54) is 302 Å². The summed E-state index contributed by atoms with van der Waals surface area (Å²) in [6.07, 6.45) is 84.0. The van der Waals surface area contributed by atoms with Crippen molar-refractivity contribution in [2.24, 2.45) is 0 Å². The summed E-state index contributed by atoms with van der Waals surface area (Å²) < 4.78 is 5.47. The number of hydrogen-bond donors (Lipinski definition) is 3. The lowest BCUT2D eigenvalue weighted by molar-refractivity contribution is -0.143. The van der Waals surface area contributed by atoms with Gasteiger partial charge in [0, 0.05) is 12.8 Å². The zero-order chi connectivity index (χ0) is 55.0. The Morgan fingerprint density at radius 2 is 0.632 bits per heavy atom. The van der Waals surface area contributed by atoms with E-state index in [-0.39, 0.29) is 18.5 Å². The van der Waals surface area contributed by atoms with Gasteiger partial charge in [-0.15, -0.1) is 0 Å². The minimum absolute atomic E-state index is 0.0111. The molecule has 0 fully saturated rings. The fraction of sp³-hybridized carbons (Fsp3) is 0.886. The fourth-order valence-electron chi connectivity index (χ4n) is 10.6. The SMILES string of the molecule is CCCC/C=C\CCCCCCCC(=O)OCCCCCCCCCCCCCCCCCCCC/C=C\CCCCCCCCCCCCCCCCCCCC(=O)NC(CO)C(O)/C=C/CCCCCCCCC. The van der Waals surface area contributed by atoms with Crippen LogP contribution in [-0.4, -0.2) is 47.4 Å². The third kappa shape index (κ3) is 61.3. The molecule has 2 atom stereocenters. The zero-order valence-corrected chi connectivity index (χ0v) is 51.3. The highest BCUT2D eigenvalue weighted by Crippen LogP contribution is 2.18. The summed E-state index contributed by atoms with van der Waals surface area (Å²) in [6.45, 7) is 4.86. The van der Waals surface area contributed by atoms with Crippen LogP contribution in [-0.2, 0) is 14.3 Å². The molecule has 6 heteroatoms. The summed E-state index contributed by atoms with van der Waals surface area (Å²) in [7, 11) is 0. The number of amides is 1. The maximum atomic E-state index is 12.4. The van der Waals surface area contributed by atoms with E-state index in [1.54, 1.807) is 6.08 Å². The lowest BCUT2D eigenvalue weighted by atomic mass is 10.0. The number of carbonyl (C=O) groups excluding carboxylic acids is 2. The first-order chi connectivity index (χ1) is 37.5. The van der Waals surface area contributed by atoms with Crippen LogP contribution in [0.3, 0.4) is 0 Å². The van der Waals surface area contributed by atoms with E-state index in [4.69, 9.17) is 4.74 Å². The van der Waals surface area contributed by atoms with Crippen LogP contribution in [0, 0.1) is 0 Å². The molecule has 76 heavy (non-hydrogen) atoms. The summed E-state index contributed by atoms with van der Waals surface area (Å²) in [5.74, 6) is -0.0541. The van der Waals surface area contributed by atoms with Crippen molar-refractivity contribution in [3.63, 3.8) is 0 Å². The highest BCUT2D eigenvalue weighted by molar-refractivity contribution is 5.76. The van der Waals surface area contributed by atoms with Crippen LogP contribution in [0.1, 0.15) is 373 Å². The number of rotatable bonds is 64. The number of ether oxygens (including phenoxy) is 1. The molecule has 0 spiro atoms. The largest absolute Gasteiger partial charge is 0.466 e. The minimum atomic E-state index is -0.839. The van der Waals surface area contributed by atoms with E-state index in [9.17, 15) is 19.8 Å². The third-order valence-corrected chi connectivity index (χ3v) is 15.9. The molecule has 0 bridgehead atoms. The average Bonchev–Trinajstić information content (AvgIpc) is 3.42. The van der Waals surface area contributed by atoms with Crippen LogP contribution in [0.2, 0.25) is 0 Å². The number of unbranched alkanes of at least 4 members (excludes halogenated alkanes) is 49. The van der Waals surface area contributed by atoms with Crippen LogP contribution >= 0.6 is 0 Å². The van der Waals surface area contributed by atoms with Crippen molar-refractivity contribution in [3.8, 4) is 0 Å². The second-order valence-electron chi connectivity index (χ2n) is 23.5. The molecule has 0 saturated heterocycles. The monoisotopic (exact) mass is 1070 g/mol. The highest BCUT2D eigenvalue weighted by atomic mass is 16.5. The Morgan fingerprint density at radius 1 is 0.355 bits per heavy atom. The molecule has 0 aromatic carbocycles. The minimum Gasteiger partial charge on any atom is -0.466 e. The van der Waals surface area contributed by atoms with Gasteiger partial charge < -0.3 is 20.3 Å². The van der Waals surface area contributed by atoms with Crippen molar-refractivity contribution >= 4 is 11.9 Å². The van der Waals surface area contributed by atoms with Crippen molar-refractivity contribution in [3.05, 3.63) is 36.5 Å². The Balaban J connectivity index is 3.30. The second-order valence-corrected chi connectivity index (χ2v) is 23.5. The van der Waals surface area contributed by atoms with Crippen LogP contribution in [0.25, 0.3) is 0 Å². The Hall–Kier alpha value is -1.92. The molecule has 0 heterocycles. The predicted octanol–water partition coefficient (Wildman–Crippen LogP) is 21.9. The van der Waals surface area contributed by atoms with Gasteiger partial charge in [0.1, 0.15) is 0 Å². The zero-order valence-electron chi connectivity index (χ0n) is 51.3. The highest BCUT2D eigenvalue weighted by Gasteiger charge is 2.18. The summed E-state index contributed by atoms with van der Waals surface area (Å²) in [5.41, 5.74) is 0. The van der Waals surface area contributed by atoms with Crippen molar-refractivity contribution in [2.45, 2.75) is 386 Å². The van der Waals surface area contributed by atoms with Crippen molar-refractivity contribution in [2.75, 3.05) is 13.2 Å². The quantitative estimate of drug-likeness (QED) is 0.0320. The molecule has 0 saturated carbocycles. The van der Waals surface area contributed by atoms with E-state index in [1.807, 2.05) is 6.08 Å². The van der Waals surface area contributed by atoms with Crippen molar-refractivity contribution in [1.29, 1.82) is 0 Å². The van der Waals surface area contributed by atoms with E-state index in [0.717, 1.165) is 44.9 Å². The summed E-state index contributed by atoms with van der Waals surface area (Å²) in [4.78, 5) is 24.4. The fourth-order valence-corrected chi connectivity index (χ4v) is 10.6. The molecule has 0 radical (unpaired) electrons. The Kier molecular flexibility index (Phi) is 63.9. The number of aliphatic hydroxyl groups is 2. The van der Waals surface area contributed by atoms with E-state index < -0.39 is 12.1 Å². The van der Waals surface area contributed by atoms with Gasteiger partial charge in [0.25, 0.3) is 0 Å². The van der Waals surface area contributed by atoms with E-state index >= 15 is 0 Å². The molecule has 3 N–H and O–H groups in total. The second kappa shape index (κ2) is 65.6. The van der Waals surface area contributed by atoms with Gasteiger partial charge in [0.2, 0.25) is 5.91 Å². The summed E-state index contributed by atoms with van der Waals surface area (Å²) in [5, 5.41) is 23.0. The first-order valence-electron chi connectivity index (χ1n) is 34.3. The van der Waals surface area contributed by atoms with Crippen molar-refractivity contribution < 1.29 is 24.5 Å². The summed E-state index contributed by atoms with van der Waals surface area (Å²) >= 11 is 0. The molecule has 0 aromatic heterocycles. The van der Waals surface area contributed by atoms with Gasteiger partial charge >= 0.3 is 5.97 Å². The number of nitrogens with one attached hydrogen (secondary N) is 1. The molecule has 0 aliphatic rings. The standard InChI is InChI=1S/C70H133NO5/c1-3-5-7-9-11-13-43-48-52-56-60-64-70(75)76-65-61-57-53-49-45-42-40-38-36-34-32-30-28-26-24-22-20-18-16-14-15-17-19-21-23-25-27-29-31-33-35-37-39-41-44-47-51-55-59-63-69(74)71-67(66-72)68(73)62-58-54-50-46-12-10-8-6-4-2/h9,11,14-15,58,62,67-68,72-73H,3-8,10,12-13,16-57,59-61,63-66H2,1-2H3,(H,71,74)/b11-9-,15-14-,62-58+. The number of hydrogen-bond acceptors (Lipinski definition) is 5. The molecule has 0 aliphatic heterocycles. The van der Waals surface area contributed by atoms with Gasteiger partial charge in [-0.3, -0.25) is 9.59 Å². The first kappa shape index (κ1) is 74.1. The Bertz CT molecular complexity index is 1230.